The molecule has 1 aromatic rings. The van der Waals surface area contributed by atoms with Crippen molar-refractivity contribution in [2.75, 3.05) is 13.1 Å². The highest BCUT2D eigenvalue weighted by Gasteiger charge is 2.27. The van der Waals surface area contributed by atoms with Gasteiger partial charge in [0.25, 0.3) is 11.6 Å². The molecule has 7 nitrogen and oxygen atoms in total. The maximum atomic E-state index is 12.3. The van der Waals surface area contributed by atoms with Crippen LogP contribution in [0.25, 0.3) is 0 Å². The Labute approximate surface area is 119 Å². The molecule has 0 unspecified atom stereocenters. The lowest BCUT2D eigenvalue weighted by atomic mass is 10.1. The predicted molar refractivity (Wildman–Crippen MR) is 72.5 cm³/mol. The molecule has 1 N–H and O–H groups in total. The second-order valence-corrected chi connectivity index (χ2v) is 4.81. The third-order valence-electron chi connectivity index (χ3n) is 3.16. The molecule has 1 amide bonds. The van der Waals surface area contributed by atoms with Gasteiger partial charge in [-0.1, -0.05) is 16.8 Å². The van der Waals surface area contributed by atoms with E-state index in [0.29, 0.717) is 31.6 Å². The Kier molecular flexibility index (Phi) is 4.19. The van der Waals surface area contributed by atoms with Gasteiger partial charge >= 0.3 is 0 Å². The minimum absolute atomic E-state index is 0.0174. The first-order valence-corrected chi connectivity index (χ1v) is 6.33. The summed E-state index contributed by atoms with van der Waals surface area (Å²) in [7, 11) is 0. The first kappa shape index (κ1) is 14.3. The number of nitrogens with zero attached hydrogens (tertiary/aromatic N) is 3. The van der Waals surface area contributed by atoms with E-state index in [4.69, 9.17) is 16.8 Å². The number of rotatable bonds is 2. The SMILES string of the molecule is O=C(c1ccc(Cl)cc1[N+](=O)[O-])N1CCC(=NO)CC1. The zero-order valence-corrected chi connectivity index (χ0v) is 11.2. The Morgan fingerprint density at radius 3 is 2.60 bits per heavy atom. The van der Waals surface area contributed by atoms with Crippen LogP contribution in [-0.4, -0.2) is 39.7 Å². The number of hydrogen-bond donors (Lipinski definition) is 1. The van der Waals surface area contributed by atoms with Gasteiger partial charge in [0.2, 0.25) is 0 Å². The first-order chi connectivity index (χ1) is 9.52. The number of amides is 1. The molecule has 0 atom stereocenters. The number of piperidine rings is 1. The summed E-state index contributed by atoms with van der Waals surface area (Å²) in [6.07, 6.45) is 0.924. The minimum Gasteiger partial charge on any atom is -0.411 e. The molecule has 20 heavy (non-hydrogen) atoms. The van der Waals surface area contributed by atoms with Crippen LogP contribution in [0.2, 0.25) is 5.02 Å². The molecule has 1 fully saturated rings. The van der Waals surface area contributed by atoms with Crippen LogP contribution in [0.4, 0.5) is 5.69 Å². The Bertz CT molecular complexity index is 578. The molecule has 1 aliphatic rings. The van der Waals surface area contributed by atoms with Gasteiger partial charge in [0, 0.05) is 37.0 Å². The van der Waals surface area contributed by atoms with E-state index in [9.17, 15) is 14.9 Å². The zero-order valence-electron chi connectivity index (χ0n) is 10.5. The molecular weight excluding hydrogens is 286 g/mol. The van der Waals surface area contributed by atoms with Gasteiger partial charge in [0.15, 0.2) is 0 Å². The average molecular weight is 298 g/mol. The summed E-state index contributed by atoms with van der Waals surface area (Å²) in [4.78, 5) is 24.2. The van der Waals surface area contributed by atoms with Crippen LogP contribution in [0.5, 0.6) is 0 Å². The zero-order chi connectivity index (χ0) is 14.7. The number of nitro groups is 1. The smallest absolute Gasteiger partial charge is 0.283 e. The van der Waals surface area contributed by atoms with Gasteiger partial charge < -0.3 is 10.1 Å². The lowest BCUT2D eigenvalue weighted by Crippen LogP contribution is -2.38. The molecule has 0 aromatic heterocycles. The highest BCUT2D eigenvalue weighted by molar-refractivity contribution is 6.31. The Morgan fingerprint density at radius 2 is 2.05 bits per heavy atom. The number of carbonyl (C=O) groups is 1. The second-order valence-electron chi connectivity index (χ2n) is 4.38. The fraction of sp³-hybridized carbons (Fsp3) is 0.333. The van der Waals surface area contributed by atoms with E-state index in [1.165, 1.54) is 23.1 Å². The van der Waals surface area contributed by atoms with Crippen LogP contribution in [0.3, 0.4) is 0 Å². The normalized spacial score (nSPS) is 15.1. The van der Waals surface area contributed by atoms with E-state index in [1.807, 2.05) is 0 Å². The standard InChI is InChI=1S/C12H12ClN3O4/c13-8-1-2-10(11(7-8)16(19)20)12(17)15-5-3-9(14-18)4-6-15/h1-2,7,18H,3-6H2. The topological polar surface area (TPSA) is 96.0 Å². The molecule has 1 aliphatic heterocycles. The van der Waals surface area contributed by atoms with Crippen LogP contribution >= 0.6 is 11.6 Å². The molecule has 1 heterocycles. The highest BCUT2D eigenvalue weighted by atomic mass is 35.5. The Morgan fingerprint density at radius 1 is 1.40 bits per heavy atom. The third kappa shape index (κ3) is 2.88. The molecule has 0 bridgehead atoms. The van der Waals surface area contributed by atoms with E-state index in [1.54, 1.807) is 0 Å². The lowest BCUT2D eigenvalue weighted by molar-refractivity contribution is -0.385. The molecular formula is C12H12ClN3O4. The summed E-state index contributed by atoms with van der Waals surface area (Å²) >= 11 is 5.72. The molecule has 1 saturated heterocycles. The fourth-order valence-corrected chi connectivity index (χ4v) is 2.24. The molecule has 0 spiro atoms. The molecule has 8 heteroatoms. The summed E-state index contributed by atoms with van der Waals surface area (Å²) < 4.78 is 0. The fourth-order valence-electron chi connectivity index (χ4n) is 2.07. The Hall–Kier alpha value is -2.15. The monoisotopic (exact) mass is 297 g/mol. The second kappa shape index (κ2) is 5.87. The van der Waals surface area contributed by atoms with Crippen LogP contribution in [0.15, 0.2) is 23.4 Å². The van der Waals surface area contributed by atoms with E-state index in [-0.39, 0.29) is 16.3 Å². The quantitative estimate of drug-likeness (QED) is 0.514. The van der Waals surface area contributed by atoms with Crippen molar-refractivity contribution >= 4 is 28.9 Å². The van der Waals surface area contributed by atoms with Gasteiger partial charge in [0.1, 0.15) is 5.56 Å². The molecule has 106 valence electrons. The average Bonchev–Trinajstić information content (AvgIpc) is 2.46. The van der Waals surface area contributed by atoms with Gasteiger partial charge in [-0.05, 0) is 12.1 Å². The van der Waals surface area contributed by atoms with Gasteiger partial charge in [-0.2, -0.15) is 0 Å². The van der Waals surface area contributed by atoms with Gasteiger partial charge in [0.05, 0.1) is 10.6 Å². The van der Waals surface area contributed by atoms with Crippen molar-refractivity contribution in [3.8, 4) is 0 Å². The van der Waals surface area contributed by atoms with Crippen molar-refractivity contribution < 1.29 is 14.9 Å². The first-order valence-electron chi connectivity index (χ1n) is 5.96. The number of halogens is 1. The maximum Gasteiger partial charge on any atom is 0.283 e. The number of nitro benzene ring substituents is 1. The molecule has 0 saturated carbocycles. The number of hydrogen-bond acceptors (Lipinski definition) is 5. The summed E-state index contributed by atoms with van der Waals surface area (Å²) in [6.45, 7) is 0.746. The Balaban J connectivity index is 2.24. The highest BCUT2D eigenvalue weighted by Crippen LogP contribution is 2.25. The molecule has 0 aliphatic carbocycles. The van der Waals surface area contributed by atoms with Crippen LogP contribution in [0, 0.1) is 10.1 Å². The summed E-state index contributed by atoms with van der Waals surface area (Å²) in [5, 5.41) is 23.0. The molecule has 1 aromatic carbocycles. The van der Waals surface area contributed by atoms with Crippen molar-refractivity contribution in [1.82, 2.24) is 4.90 Å². The van der Waals surface area contributed by atoms with E-state index in [2.05, 4.69) is 5.16 Å². The van der Waals surface area contributed by atoms with Crippen molar-refractivity contribution in [3.05, 3.63) is 38.9 Å². The molecule has 0 radical (unpaired) electrons. The summed E-state index contributed by atoms with van der Waals surface area (Å²) in [5.41, 5.74) is 0.340. The maximum absolute atomic E-state index is 12.3. The lowest BCUT2D eigenvalue weighted by Gasteiger charge is -2.27. The largest absolute Gasteiger partial charge is 0.411 e. The van der Waals surface area contributed by atoms with Gasteiger partial charge in [-0.3, -0.25) is 14.9 Å². The predicted octanol–water partition coefficient (Wildman–Crippen LogP) is 2.31. The van der Waals surface area contributed by atoms with Gasteiger partial charge in [-0.25, -0.2) is 0 Å². The van der Waals surface area contributed by atoms with Crippen LogP contribution < -0.4 is 0 Å². The van der Waals surface area contributed by atoms with E-state index >= 15 is 0 Å². The number of carbonyl (C=O) groups excluding carboxylic acids is 1. The van der Waals surface area contributed by atoms with E-state index in [0.717, 1.165) is 0 Å². The van der Waals surface area contributed by atoms with Crippen molar-refractivity contribution in [3.63, 3.8) is 0 Å². The summed E-state index contributed by atoms with van der Waals surface area (Å²) in [5.74, 6) is -0.412. The van der Waals surface area contributed by atoms with Gasteiger partial charge in [-0.15, -0.1) is 0 Å². The van der Waals surface area contributed by atoms with Crippen molar-refractivity contribution in [2.45, 2.75) is 12.8 Å². The van der Waals surface area contributed by atoms with Crippen LogP contribution in [-0.2, 0) is 0 Å². The molecule has 2 rings (SSSR count). The minimum atomic E-state index is -0.621. The van der Waals surface area contributed by atoms with Crippen molar-refractivity contribution in [1.29, 1.82) is 0 Å². The number of likely N-dealkylation sites (tertiary alicyclic amines) is 1. The third-order valence-corrected chi connectivity index (χ3v) is 3.39. The number of oxime groups is 1. The number of benzene rings is 1. The van der Waals surface area contributed by atoms with Crippen LogP contribution in [0.1, 0.15) is 23.2 Å². The van der Waals surface area contributed by atoms with Crippen molar-refractivity contribution in [2.24, 2.45) is 5.16 Å². The van der Waals surface area contributed by atoms with E-state index < -0.39 is 10.8 Å². The summed E-state index contributed by atoms with van der Waals surface area (Å²) in [6, 6.07) is 3.98.